The highest BCUT2D eigenvalue weighted by atomic mass is 35.5. The molecule has 1 heterocycles. The number of aromatic nitrogens is 1. The number of nitrogens with zero attached hydrogens (tertiary/aromatic N) is 2. The van der Waals surface area contributed by atoms with Gasteiger partial charge in [-0.3, -0.25) is 9.59 Å². The predicted molar refractivity (Wildman–Crippen MR) is 141 cm³/mol. The summed E-state index contributed by atoms with van der Waals surface area (Å²) in [6.45, 7) is 0. The van der Waals surface area contributed by atoms with Gasteiger partial charge in [-0.15, -0.1) is 0 Å². The lowest BCUT2D eigenvalue weighted by Crippen LogP contribution is -2.18. The standard InChI is InChI=1S/C29H24ClFN2O4/c1-33-17-22(10-13-28(33)34)27(32-37)16-25(24-12-11-23(30)15-26(24)31)21-8-6-20(7-9-21)19-4-2-18(3-5-19)14-29(35)36/h2-13,15,17,25,37H,14,16H2,1H3,(H,35,36)/t25-/m1/s1. The van der Waals surface area contributed by atoms with Gasteiger partial charge in [-0.25, -0.2) is 4.39 Å². The molecule has 4 rings (SSSR count). The lowest BCUT2D eigenvalue weighted by molar-refractivity contribution is -0.136. The van der Waals surface area contributed by atoms with Crippen LogP contribution >= 0.6 is 11.6 Å². The minimum absolute atomic E-state index is 0.0438. The van der Waals surface area contributed by atoms with Crippen LogP contribution in [0.25, 0.3) is 11.1 Å². The van der Waals surface area contributed by atoms with Gasteiger partial charge in [0.15, 0.2) is 0 Å². The summed E-state index contributed by atoms with van der Waals surface area (Å²) in [5, 5.41) is 22.5. The van der Waals surface area contributed by atoms with Crippen LogP contribution in [0.4, 0.5) is 4.39 Å². The summed E-state index contributed by atoms with van der Waals surface area (Å²) < 4.78 is 16.4. The molecule has 0 radical (unpaired) electrons. The maximum Gasteiger partial charge on any atom is 0.307 e. The summed E-state index contributed by atoms with van der Waals surface area (Å²) in [5.41, 5.74) is 4.36. The van der Waals surface area contributed by atoms with Crippen molar-refractivity contribution in [3.05, 3.63) is 129 Å². The Morgan fingerprint density at radius 3 is 2.22 bits per heavy atom. The van der Waals surface area contributed by atoms with Gasteiger partial charge < -0.3 is 14.9 Å². The zero-order valence-corrected chi connectivity index (χ0v) is 20.7. The molecule has 3 aromatic carbocycles. The largest absolute Gasteiger partial charge is 0.481 e. The molecule has 2 N–H and O–H groups in total. The number of halogens is 2. The van der Waals surface area contributed by atoms with Crippen LogP contribution in [0.5, 0.6) is 0 Å². The van der Waals surface area contributed by atoms with Crippen molar-refractivity contribution in [3.63, 3.8) is 0 Å². The predicted octanol–water partition coefficient (Wildman–Crippen LogP) is 5.87. The fraction of sp³-hybridized carbons (Fsp3) is 0.138. The third-order valence-corrected chi connectivity index (χ3v) is 6.47. The summed E-state index contributed by atoms with van der Waals surface area (Å²) in [7, 11) is 1.60. The van der Waals surface area contributed by atoms with E-state index in [1.54, 1.807) is 43.6 Å². The Morgan fingerprint density at radius 2 is 1.65 bits per heavy atom. The zero-order chi connectivity index (χ0) is 26.5. The molecule has 37 heavy (non-hydrogen) atoms. The Labute approximate surface area is 217 Å². The van der Waals surface area contributed by atoms with E-state index in [0.717, 1.165) is 16.7 Å². The molecule has 0 unspecified atom stereocenters. The average molecular weight is 519 g/mol. The molecule has 1 atom stereocenters. The number of carboxylic acids is 1. The van der Waals surface area contributed by atoms with Gasteiger partial charge in [-0.1, -0.05) is 71.4 Å². The van der Waals surface area contributed by atoms with Crippen LogP contribution in [0.1, 0.15) is 34.6 Å². The number of benzene rings is 3. The van der Waals surface area contributed by atoms with Gasteiger partial charge in [-0.05, 0) is 46.0 Å². The first-order valence-electron chi connectivity index (χ1n) is 11.5. The first-order valence-corrected chi connectivity index (χ1v) is 11.9. The van der Waals surface area contributed by atoms with Crippen LogP contribution in [0.15, 0.2) is 95.0 Å². The summed E-state index contributed by atoms with van der Waals surface area (Å²) in [6, 6.07) is 22.3. The molecular weight excluding hydrogens is 495 g/mol. The van der Waals surface area contributed by atoms with Crippen molar-refractivity contribution >= 4 is 23.3 Å². The maximum atomic E-state index is 15.1. The molecule has 0 spiro atoms. The van der Waals surface area contributed by atoms with E-state index in [1.807, 2.05) is 36.4 Å². The molecule has 0 bridgehead atoms. The van der Waals surface area contributed by atoms with Gasteiger partial charge in [0.1, 0.15) is 5.82 Å². The Bertz CT molecular complexity index is 1510. The highest BCUT2D eigenvalue weighted by molar-refractivity contribution is 6.30. The highest BCUT2D eigenvalue weighted by Crippen LogP contribution is 2.34. The van der Waals surface area contributed by atoms with Gasteiger partial charge in [0.2, 0.25) is 5.56 Å². The molecule has 1 aromatic heterocycles. The van der Waals surface area contributed by atoms with Gasteiger partial charge in [-0.2, -0.15) is 0 Å². The Hall–Kier alpha value is -4.23. The maximum absolute atomic E-state index is 15.1. The van der Waals surface area contributed by atoms with E-state index in [1.165, 1.54) is 16.7 Å². The monoisotopic (exact) mass is 518 g/mol. The Morgan fingerprint density at radius 1 is 1.00 bits per heavy atom. The van der Waals surface area contributed by atoms with E-state index in [-0.39, 0.29) is 23.4 Å². The molecule has 8 heteroatoms. The molecule has 0 saturated heterocycles. The summed E-state index contributed by atoms with van der Waals surface area (Å²) in [4.78, 5) is 22.7. The van der Waals surface area contributed by atoms with Gasteiger partial charge in [0, 0.05) is 42.2 Å². The number of carbonyl (C=O) groups is 1. The van der Waals surface area contributed by atoms with Crippen LogP contribution in [-0.4, -0.2) is 26.6 Å². The lowest BCUT2D eigenvalue weighted by Gasteiger charge is -2.20. The lowest BCUT2D eigenvalue weighted by atomic mass is 9.84. The Kier molecular flexibility index (Phi) is 7.84. The van der Waals surface area contributed by atoms with Crippen molar-refractivity contribution in [2.45, 2.75) is 18.8 Å². The normalized spacial score (nSPS) is 12.4. The quantitative estimate of drug-likeness (QED) is 0.173. The van der Waals surface area contributed by atoms with Gasteiger partial charge in [0.05, 0.1) is 12.1 Å². The van der Waals surface area contributed by atoms with Crippen LogP contribution in [-0.2, 0) is 18.3 Å². The molecule has 0 aliphatic rings. The first-order chi connectivity index (χ1) is 17.7. The van der Waals surface area contributed by atoms with Gasteiger partial charge in [0.25, 0.3) is 0 Å². The topological polar surface area (TPSA) is 91.9 Å². The molecule has 0 saturated carbocycles. The van der Waals surface area contributed by atoms with Crippen molar-refractivity contribution in [3.8, 4) is 11.1 Å². The molecular formula is C29H24ClFN2O4. The Balaban J connectivity index is 1.69. The van der Waals surface area contributed by atoms with E-state index < -0.39 is 17.7 Å². The average Bonchev–Trinajstić information content (AvgIpc) is 2.87. The molecule has 188 valence electrons. The number of hydrogen-bond acceptors (Lipinski definition) is 4. The van der Waals surface area contributed by atoms with Crippen LogP contribution in [0.3, 0.4) is 0 Å². The summed E-state index contributed by atoms with van der Waals surface area (Å²) in [5.74, 6) is -1.87. The van der Waals surface area contributed by atoms with Crippen molar-refractivity contribution in [1.29, 1.82) is 0 Å². The fourth-order valence-electron chi connectivity index (χ4n) is 4.26. The number of rotatable bonds is 8. The number of pyridine rings is 1. The minimum atomic E-state index is -0.888. The zero-order valence-electron chi connectivity index (χ0n) is 19.9. The van der Waals surface area contributed by atoms with Crippen molar-refractivity contribution in [1.82, 2.24) is 4.57 Å². The first kappa shape index (κ1) is 25.9. The number of aliphatic carboxylic acids is 1. The van der Waals surface area contributed by atoms with Crippen LogP contribution in [0, 0.1) is 5.82 Å². The van der Waals surface area contributed by atoms with E-state index in [0.29, 0.717) is 22.4 Å². The molecule has 6 nitrogen and oxygen atoms in total. The number of oxime groups is 1. The molecule has 4 aromatic rings. The minimum Gasteiger partial charge on any atom is -0.481 e. The third-order valence-electron chi connectivity index (χ3n) is 6.23. The van der Waals surface area contributed by atoms with Crippen molar-refractivity contribution < 1.29 is 19.5 Å². The van der Waals surface area contributed by atoms with Crippen LogP contribution < -0.4 is 5.56 Å². The number of carboxylic acid groups (broad SMARTS) is 1. The van der Waals surface area contributed by atoms with Crippen molar-refractivity contribution in [2.24, 2.45) is 12.2 Å². The number of aryl methyl sites for hydroxylation is 1. The second kappa shape index (κ2) is 11.2. The van der Waals surface area contributed by atoms with E-state index >= 15 is 4.39 Å². The number of hydrogen-bond donors (Lipinski definition) is 2. The van der Waals surface area contributed by atoms with E-state index in [4.69, 9.17) is 16.7 Å². The highest BCUT2D eigenvalue weighted by Gasteiger charge is 2.22. The molecule has 0 fully saturated rings. The molecule has 0 amide bonds. The van der Waals surface area contributed by atoms with Crippen LogP contribution in [0.2, 0.25) is 5.02 Å². The smallest absolute Gasteiger partial charge is 0.307 e. The second-order valence-electron chi connectivity index (χ2n) is 8.73. The summed E-state index contributed by atoms with van der Waals surface area (Å²) in [6.07, 6.45) is 1.69. The van der Waals surface area contributed by atoms with Crippen molar-refractivity contribution in [2.75, 3.05) is 0 Å². The molecule has 0 aliphatic carbocycles. The fourth-order valence-corrected chi connectivity index (χ4v) is 4.42. The van der Waals surface area contributed by atoms with E-state index in [2.05, 4.69) is 5.16 Å². The second-order valence-corrected chi connectivity index (χ2v) is 9.16. The SMILES string of the molecule is Cn1cc(C(C[C@H](c2ccc(-c3ccc(CC(=O)O)cc3)cc2)c2ccc(Cl)cc2F)=NO)ccc1=O. The van der Waals surface area contributed by atoms with E-state index in [9.17, 15) is 14.8 Å². The summed E-state index contributed by atoms with van der Waals surface area (Å²) >= 11 is 5.99. The molecule has 0 aliphatic heterocycles. The van der Waals surface area contributed by atoms with Gasteiger partial charge >= 0.3 is 5.97 Å². The third kappa shape index (κ3) is 6.13.